The second kappa shape index (κ2) is 10.3. The maximum absolute atomic E-state index is 13.1. The summed E-state index contributed by atoms with van der Waals surface area (Å²) in [6, 6.07) is 26.1. The van der Waals surface area contributed by atoms with Gasteiger partial charge < -0.3 is 14.6 Å². The smallest absolute Gasteiger partial charge is 0.275 e. The molecule has 1 aliphatic rings. The lowest BCUT2D eigenvalue weighted by atomic mass is 9.82. The number of ether oxygens (including phenoxy) is 2. The van der Waals surface area contributed by atoms with Crippen LogP contribution in [0.25, 0.3) is 0 Å². The summed E-state index contributed by atoms with van der Waals surface area (Å²) in [4.78, 5) is 17.9. The fraction of sp³-hybridized carbons (Fsp3) is 0.231. The Morgan fingerprint density at radius 3 is 2.30 bits per heavy atom. The van der Waals surface area contributed by atoms with Crippen molar-refractivity contribution in [1.29, 1.82) is 0 Å². The summed E-state index contributed by atoms with van der Waals surface area (Å²) in [7, 11) is 0. The van der Waals surface area contributed by atoms with E-state index in [4.69, 9.17) is 19.6 Å². The van der Waals surface area contributed by atoms with Gasteiger partial charge in [0.05, 0.1) is 6.61 Å². The first-order chi connectivity index (χ1) is 16.2. The number of carbonyl (C=O) groups excluding carboxylic acids is 1. The third-order valence-corrected chi connectivity index (χ3v) is 5.55. The number of hydrogen-bond acceptors (Lipinski definition) is 6. The number of nitrogens with zero attached hydrogens (tertiary/aromatic N) is 1. The standard InChI is InChI=1S/C26H26N2O5/c29-16-7-17-32-22-14-12-21(13-15-22)24-27-26(25(30)28-31,18-19-8-3-1-4-9-19)23(33-24)20-10-5-2-6-11-20/h1-6,8-15,23,29,31H,7,16-18H2,(H,28,30)/t23-,26-/m0/s1. The lowest BCUT2D eigenvalue weighted by Crippen LogP contribution is -2.49. The van der Waals surface area contributed by atoms with Crippen molar-refractivity contribution < 1.29 is 24.6 Å². The van der Waals surface area contributed by atoms with Crippen LogP contribution in [0.15, 0.2) is 89.9 Å². The highest BCUT2D eigenvalue weighted by molar-refractivity contribution is 6.00. The molecule has 0 bridgehead atoms. The molecule has 0 spiro atoms. The van der Waals surface area contributed by atoms with E-state index < -0.39 is 17.6 Å². The summed E-state index contributed by atoms with van der Waals surface area (Å²) >= 11 is 0. The Morgan fingerprint density at radius 2 is 1.67 bits per heavy atom. The van der Waals surface area contributed by atoms with Crippen molar-refractivity contribution in [3.8, 4) is 5.75 Å². The molecule has 7 nitrogen and oxygen atoms in total. The van der Waals surface area contributed by atoms with Gasteiger partial charge in [0.25, 0.3) is 5.91 Å². The first kappa shape index (κ1) is 22.5. The van der Waals surface area contributed by atoms with E-state index in [9.17, 15) is 10.0 Å². The van der Waals surface area contributed by atoms with Crippen LogP contribution in [-0.2, 0) is 16.0 Å². The van der Waals surface area contributed by atoms with Crippen molar-refractivity contribution in [2.24, 2.45) is 4.99 Å². The lowest BCUT2D eigenvalue weighted by molar-refractivity contribution is -0.137. The molecule has 1 aliphatic heterocycles. The molecule has 0 radical (unpaired) electrons. The molecule has 3 aromatic rings. The van der Waals surface area contributed by atoms with Gasteiger partial charge in [0, 0.05) is 25.0 Å². The highest BCUT2D eigenvalue weighted by Gasteiger charge is 2.53. The molecule has 0 fully saturated rings. The molecule has 0 aliphatic carbocycles. The second-order valence-corrected chi connectivity index (χ2v) is 7.80. The van der Waals surface area contributed by atoms with Crippen LogP contribution in [0.3, 0.4) is 0 Å². The van der Waals surface area contributed by atoms with E-state index in [1.165, 1.54) is 0 Å². The Hall–Kier alpha value is -3.68. The Kier molecular flexibility index (Phi) is 7.02. The first-order valence-corrected chi connectivity index (χ1v) is 10.8. The van der Waals surface area contributed by atoms with Gasteiger partial charge >= 0.3 is 0 Å². The number of aliphatic hydroxyl groups is 1. The number of rotatable bonds is 9. The number of nitrogens with one attached hydrogen (secondary N) is 1. The molecule has 170 valence electrons. The maximum atomic E-state index is 13.1. The fourth-order valence-electron chi connectivity index (χ4n) is 3.91. The molecular formula is C26H26N2O5. The largest absolute Gasteiger partial charge is 0.494 e. The zero-order valence-electron chi connectivity index (χ0n) is 18.1. The zero-order chi connectivity index (χ0) is 23.1. The van der Waals surface area contributed by atoms with Gasteiger partial charge in [0.15, 0.2) is 11.6 Å². The quantitative estimate of drug-likeness (QED) is 0.266. The summed E-state index contributed by atoms with van der Waals surface area (Å²) in [5.41, 5.74) is 2.77. The molecular weight excluding hydrogens is 420 g/mol. The number of aliphatic imine (C=N–C) groups is 1. The van der Waals surface area contributed by atoms with Crippen molar-refractivity contribution in [2.45, 2.75) is 24.5 Å². The Labute approximate surface area is 192 Å². The first-order valence-electron chi connectivity index (χ1n) is 10.8. The Morgan fingerprint density at radius 1 is 1.00 bits per heavy atom. The molecule has 3 aromatic carbocycles. The zero-order valence-corrected chi connectivity index (χ0v) is 18.1. The van der Waals surface area contributed by atoms with Gasteiger partial charge in [-0.15, -0.1) is 0 Å². The molecule has 0 saturated carbocycles. The predicted molar refractivity (Wildman–Crippen MR) is 123 cm³/mol. The summed E-state index contributed by atoms with van der Waals surface area (Å²) in [5, 5.41) is 18.5. The van der Waals surface area contributed by atoms with Gasteiger partial charge in [0.1, 0.15) is 5.75 Å². The molecule has 33 heavy (non-hydrogen) atoms. The molecule has 7 heteroatoms. The molecule has 2 atom stereocenters. The van der Waals surface area contributed by atoms with E-state index in [0.717, 1.165) is 11.1 Å². The van der Waals surface area contributed by atoms with Gasteiger partial charge in [-0.05, 0) is 35.4 Å². The van der Waals surface area contributed by atoms with Crippen LogP contribution in [0.1, 0.15) is 29.2 Å². The van der Waals surface area contributed by atoms with Gasteiger partial charge in [-0.2, -0.15) is 0 Å². The third kappa shape index (κ3) is 4.89. The van der Waals surface area contributed by atoms with Gasteiger partial charge in [0.2, 0.25) is 5.90 Å². The number of benzene rings is 3. The number of carbonyl (C=O) groups is 1. The maximum Gasteiger partial charge on any atom is 0.275 e. The van der Waals surface area contributed by atoms with E-state index in [1.54, 1.807) is 12.1 Å². The normalized spacial score (nSPS) is 19.5. The van der Waals surface area contributed by atoms with E-state index in [2.05, 4.69) is 0 Å². The van der Waals surface area contributed by atoms with E-state index in [-0.39, 0.29) is 13.0 Å². The topological polar surface area (TPSA) is 100 Å². The van der Waals surface area contributed by atoms with Crippen molar-refractivity contribution in [3.05, 3.63) is 102 Å². The fourth-order valence-corrected chi connectivity index (χ4v) is 3.91. The van der Waals surface area contributed by atoms with Crippen molar-refractivity contribution in [2.75, 3.05) is 13.2 Å². The third-order valence-electron chi connectivity index (χ3n) is 5.55. The highest BCUT2D eigenvalue weighted by atomic mass is 16.5. The molecule has 1 heterocycles. The molecule has 3 N–H and O–H groups in total. The summed E-state index contributed by atoms with van der Waals surface area (Å²) in [6.07, 6.45) is 0.0572. The van der Waals surface area contributed by atoms with Crippen LogP contribution >= 0.6 is 0 Å². The van der Waals surface area contributed by atoms with Crippen LogP contribution in [0, 0.1) is 0 Å². The SMILES string of the molecule is O=C(NO)[C@@]1(Cc2ccccc2)N=C(c2ccc(OCCCO)cc2)O[C@H]1c1ccccc1. The van der Waals surface area contributed by atoms with Crippen molar-refractivity contribution in [1.82, 2.24) is 5.48 Å². The molecule has 4 rings (SSSR count). The summed E-state index contributed by atoms with van der Waals surface area (Å²) in [6.45, 7) is 0.486. The summed E-state index contributed by atoms with van der Waals surface area (Å²) in [5.74, 6) is 0.332. The monoisotopic (exact) mass is 446 g/mol. The average molecular weight is 447 g/mol. The minimum absolute atomic E-state index is 0.0695. The van der Waals surface area contributed by atoms with Gasteiger partial charge in [-0.25, -0.2) is 10.5 Å². The number of hydrogen-bond donors (Lipinski definition) is 3. The lowest BCUT2D eigenvalue weighted by Gasteiger charge is -2.29. The Bertz CT molecular complexity index is 1090. The van der Waals surface area contributed by atoms with Crippen LogP contribution < -0.4 is 10.2 Å². The molecule has 0 unspecified atom stereocenters. The van der Waals surface area contributed by atoms with Gasteiger partial charge in [-0.3, -0.25) is 10.0 Å². The minimum atomic E-state index is -1.40. The number of hydroxylamine groups is 1. The van der Waals surface area contributed by atoms with Crippen molar-refractivity contribution in [3.63, 3.8) is 0 Å². The number of aliphatic hydroxyl groups excluding tert-OH is 1. The number of amides is 1. The van der Waals surface area contributed by atoms with Crippen LogP contribution in [0.5, 0.6) is 5.75 Å². The minimum Gasteiger partial charge on any atom is -0.494 e. The highest BCUT2D eigenvalue weighted by Crippen LogP contribution is 2.42. The van der Waals surface area contributed by atoms with E-state index >= 15 is 0 Å². The van der Waals surface area contributed by atoms with Crippen LogP contribution in [0.4, 0.5) is 0 Å². The molecule has 0 aromatic heterocycles. The molecule has 0 saturated heterocycles. The predicted octanol–water partition coefficient (Wildman–Crippen LogP) is 3.45. The van der Waals surface area contributed by atoms with Crippen molar-refractivity contribution >= 4 is 11.8 Å². The van der Waals surface area contributed by atoms with Gasteiger partial charge in [-0.1, -0.05) is 60.7 Å². The Balaban J connectivity index is 1.72. The van der Waals surface area contributed by atoms with Crippen LogP contribution in [0.2, 0.25) is 0 Å². The van der Waals surface area contributed by atoms with E-state index in [1.807, 2.05) is 78.3 Å². The average Bonchev–Trinajstić information content (AvgIpc) is 3.25. The second-order valence-electron chi connectivity index (χ2n) is 7.80. The molecule has 1 amide bonds. The summed E-state index contributed by atoms with van der Waals surface area (Å²) < 4.78 is 11.9. The van der Waals surface area contributed by atoms with Crippen LogP contribution in [-0.4, -0.2) is 40.9 Å². The van der Waals surface area contributed by atoms with E-state index in [0.29, 0.717) is 30.2 Å².